The quantitative estimate of drug-likeness (QED) is 0.213. The van der Waals surface area contributed by atoms with Crippen LogP contribution in [0.4, 0.5) is 0 Å². The fraction of sp³-hybridized carbons (Fsp3) is 0.889. The lowest BCUT2D eigenvalue weighted by atomic mass is 9.98. The third kappa shape index (κ3) is 11.5. The van der Waals surface area contributed by atoms with Gasteiger partial charge in [-0.25, -0.2) is 0 Å². The van der Waals surface area contributed by atoms with Crippen molar-refractivity contribution in [3.05, 3.63) is 0 Å². The van der Waals surface area contributed by atoms with E-state index in [9.17, 15) is 0 Å². The smallest absolute Gasteiger partial charge is 0.0197 e. The fourth-order valence-corrected chi connectivity index (χ4v) is 4.04. The van der Waals surface area contributed by atoms with E-state index in [1.807, 2.05) is 0 Å². The summed E-state index contributed by atoms with van der Waals surface area (Å²) in [6.07, 6.45) is 20.6. The monoisotopic (exact) mass is 282 g/mol. The topological polar surface area (TPSA) is 0 Å². The summed E-state index contributed by atoms with van der Waals surface area (Å²) in [7, 11) is 1.18. The summed E-state index contributed by atoms with van der Waals surface area (Å²) < 4.78 is 0. The number of terminal acetylenes is 1. The molecule has 3 atom stereocenters. The average molecular weight is 282 g/mol. The van der Waals surface area contributed by atoms with Crippen LogP contribution < -0.4 is 0 Å². The Labute approximate surface area is 124 Å². The second-order valence-electron chi connectivity index (χ2n) is 5.66. The Hall–Kier alpha value is -0.0100. The molecule has 0 N–H and O–H groups in total. The van der Waals surface area contributed by atoms with Gasteiger partial charge >= 0.3 is 0 Å². The van der Waals surface area contributed by atoms with E-state index in [1.165, 1.54) is 72.5 Å². The molecule has 0 aromatic heterocycles. The van der Waals surface area contributed by atoms with E-state index in [1.54, 1.807) is 0 Å². The lowest BCUT2D eigenvalue weighted by Gasteiger charge is -2.16. The van der Waals surface area contributed by atoms with Crippen LogP contribution in [0.2, 0.25) is 0 Å². The molecule has 0 radical (unpaired) electrons. The molecule has 112 valence electrons. The van der Waals surface area contributed by atoms with Crippen molar-refractivity contribution in [3.63, 3.8) is 0 Å². The Kier molecular flexibility index (Phi) is 14.4. The van der Waals surface area contributed by atoms with Crippen LogP contribution >= 0.6 is 8.58 Å². The molecule has 3 unspecified atom stereocenters. The van der Waals surface area contributed by atoms with Crippen LogP contribution in [0.25, 0.3) is 0 Å². The summed E-state index contributed by atoms with van der Waals surface area (Å²) in [5.41, 5.74) is 1.01. The molecule has 0 fully saturated rings. The summed E-state index contributed by atoms with van der Waals surface area (Å²) in [5, 5.41) is 0. The summed E-state index contributed by atoms with van der Waals surface area (Å²) in [5.74, 6) is 3.44. The van der Waals surface area contributed by atoms with E-state index in [4.69, 9.17) is 6.42 Å². The molecule has 0 nitrogen and oxygen atoms in total. The van der Waals surface area contributed by atoms with Crippen molar-refractivity contribution in [2.75, 3.05) is 6.16 Å². The summed E-state index contributed by atoms with van der Waals surface area (Å²) >= 11 is 0. The van der Waals surface area contributed by atoms with E-state index in [0.717, 1.165) is 12.1 Å². The molecule has 0 aliphatic rings. The van der Waals surface area contributed by atoms with Gasteiger partial charge in [0.25, 0.3) is 0 Å². The van der Waals surface area contributed by atoms with Crippen LogP contribution in [-0.4, -0.2) is 11.8 Å². The number of unbranched alkanes of at least 4 members (excludes halogenated alkanes) is 4. The van der Waals surface area contributed by atoms with Crippen molar-refractivity contribution >= 4 is 8.58 Å². The van der Waals surface area contributed by atoms with Crippen LogP contribution in [0.3, 0.4) is 0 Å². The highest BCUT2D eigenvalue weighted by atomic mass is 31.1. The van der Waals surface area contributed by atoms with Crippen molar-refractivity contribution in [3.8, 4) is 12.3 Å². The van der Waals surface area contributed by atoms with Crippen molar-refractivity contribution in [1.82, 2.24) is 0 Å². The zero-order valence-electron chi connectivity index (χ0n) is 13.5. The Morgan fingerprint density at radius 3 is 2.05 bits per heavy atom. The lowest BCUT2D eigenvalue weighted by molar-refractivity contribution is 0.516. The number of hydrogen-bond acceptors (Lipinski definition) is 0. The first-order valence-corrected chi connectivity index (χ1v) is 9.76. The minimum absolute atomic E-state index is 0.525. The Balaban J connectivity index is 3.66. The van der Waals surface area contributed by atoms with E-state index in [2.05, 4.69) is 26.7 Å². The van der Waals surface area contributed by atoms with E-state index < -0.39 is 0 Å². The first-order valence-electron chi connectivity index (χ1n) is 8.47. The third-order valence-electron chi connectivity index (χ3n) is 3.98. The first kappa shape index (κ1) is 19.0. The van der Waals surface area contributed by atoms with Crippen LogP contribution in [0.5, 0.6) is 0 Å². The molecule has 0 spiro atoms. The lowest BCUT2D eigenvalue weighted by Crippen LogP contribution is -2.03. The van der Waals surface area contributed by atoms with Crippen LogP contribution in [0.15, 0.2) is 0 Å². The normalized spacial score (nSPS) is 14.6. The van der Waals surface area contributed by atoms with Gasteiger partial charge in [0.15, 0.2) is 0 Å². The van der Waals surface area contributed by atoms with E-state index >= 15 is 0 Å². The van der Waals surface area contributed by atoms with Crippen molar-refractivity contribution in [2.24, 2.45) is 5.92 Å². The second-order valence-corrected chi connectivity index (χ2v) is 7.59. The van der Waals surface area contributed by atoms with Crippen LogP contribution in [0.1, 0.15) is 85.0 Å². The van der Waals surface area contributed by atoms with Gasteiger partial charge in [-0.3, -0.25) is 0 Å². The third-order valence-corrected chi connectivity index (χ3v) is 5.55. The van der Waals surface area contributed by atoms with Crippen molar-refractivity contribution in [1.29, 1.82) is 0 Å². The standard InChI is InChI=1S/C18H35P/c1-5-9-10-11-15-18(19-8-4)16-13-12-14-17(6-2)7-3/h2,17-19H,5,7-16H2,1,3-4H3. The van der Waals surface area contributed by atoms with Gasteiger partial charge in [0, 0.05) is 5.92 Å². The minimum Gasteiger partial charge on any atom is -0.120 e. The molecule has 0 aliphatic carbocycles. The summed E-state index contributed by atoms with van der Waals surface area (Å²) in [6.45, 7) is 6.84. The highest BCUT2D eigenvalue weighted by Crippen LogP contribution is 2.29. The predicted molar refractivity (Wildman–Crippen MR) is 92.5 cm³/mol. The van der Waals surface area contributed by atoms with Crippen molar-refractivity contribution in [2.45, 2.75) is 90.6 Å². The summed E-state index contributed by atoms with van der Waals surface area (Å²) in [4.78, 5) is 0. The van der Waals surface area contributed by atoms with E-state index in [-0.39, 0.29) is 0 Å². The predicted octanol–water partition coefficient (Wildman–Crippen LogP) is 6.24. The average Bonchev–Trinajstić information content (AvgIpc) is 2.43. The molecule has 0 heterocycles. The molecular weight excluding hydrogens is 247 g/mol. The molecule has 0 aromatic rings. The summed E-state index contributed by atoms with van der Waals surface area (Å²) in [6, 6.07) is 0. The Morgan fingerprint density at radius 2 is 1.53 bits per heavy atom. The van der Waals surface area contributed by atoms with Gasteiger partial charge < -0.3 is 0 Å². The van der Waals surface area contributed by atoms with Gasteiger partial charge in [0.05, 0.1) is 0 Å². The molecule has 0 aromatic carbocycles. The van der Waals surface area contributed by atoms with Gasteiger partial charge in [-0.2, -0.15) is 0 Å². The highest BCUT2D eigenvalue weighted by molar-refractivity contribution is 7.38. The zero-order chi connectivity index (χ0) is 14.3. The second kappa shape index (κ2) is 14.4. The van der Waals surface area contributed by atoms with Gasteiger partial charge in [-0.15, -0.1) is 20.9 Å². The van der Waals surface area contributed by atoms with Crippen LogP contribution in [-0.2, 0) is 0 Å². The molecule has 0 aliphatic heterocycles. The largest absolute Gasteiger partial charge is 0.120 e. The zero-order valence-corrected chi connectivity index (χ0v) is 14.5. The molecule has 0 saturated heterocycles. The maximum absolute atomic E-state index is 5.52. The molecule has 0 amide bonds. The molecule has 0 saturated carbocycles. The van der Waals surface area contributed by atoms with Gasteiger partial charge in [0.2, 0.25) is 0 Å². The minimum atomic E-state index is 0.525. The number of rotatable bonds is 13. The van der Waals surface area contributed by atoms with E-state index in [0.29, 0.717) is 5.92 Å². The maximum Gasteiger partial charge on any atom is 0.0197 e. The molecule has 1 heteroatoms. The molecule has 19 heavy (non-hydrogen) atoms. The Morgan fingerprint density at radius 1 is 0.895 bits per heavy atom. The fourth-order valence-electron chi connectivity index (χ4n) is 2.64. The number of hydrogen-bond donors (Lipinski definition) is 0. The van der Waals surface area contributed by atoms with Crippen molar-refractivity contribution < 1.29 is 0 Å². The molecule has 0 rings (SSSR count). The maximum atomic E-state index is 5.52. The SMILES string of the molecule is C#CC(CC)CCCCC(CCCCCC)PCC. The van der Waals surface area contributed by atoms with Crippen LogP contribution in [0, 0.1) is 18.3 Å². The molecule has 0 bridgehead atoms. The first-order chi connectivity index (χ1) is 9.28. The highest BCUT2D eigenvalue weighted by Gasteiger charge is 2.08. The Bertz CT molecular complexity index is 216. The van der Waals surface area contributed by atoms with Gasteiger partial charge in [-0.05, 0) is 37.5 Å². The van der Waals surface area contributed by atoms with Gasteiger partial charge in [-0.1, -0.05) is 59.3 Å². The van der Waals surface area contributed by atoms with Gasteiger partial charge in [0.1, 0.15) is 0 Å². The molecular formula is C18H35P.